The van der Waals surface area contributed by atoms with Crippen LogP contribution in [0.25, 0.3) is 0 Å². The molecule has 0 aromatic carbocycles. The van der Waals surface area contributed by atoms with E-state index in [0.29, 0.717) is 31.8 Å². The van der Waals surface area contributed by atoms with E-state index in [4.69, 9.17) is 0 Å². The second-order valence-electron chi connectivity index (χ2n) is 6.59. The van der Waals surface area contributed by atoms with Gasteiger partial charge >= 0.3 is 0 Å². The Morgan fingerprint density at radius 1 is 1.41 bits per heavy atom. The van der Waals surface area contributed by atoms with E-state index < -0.39 is 5.60 Å². The van der Waals surface area contributed by atoms with Crippen LogP contribution in [0.15, 0.2) is 18.6 Å². The highest BCUT2D eigenvalue weighted by molar-refractivity contribution is 5.76. The molecule has 6 nitrogen and oxygen atoms in total. The summed E-state index contributed by atoms with van der Waals surface area (Å²) >= 11 is 0. The second kappa shape index (κ2) is 6.60. The van der Waals surface area contributed by atoms with Crippen molar-refractivity contribution < 1.29 is 9.90 Å². The number of β-amino-alcohol motifs (C(OH)–C–C–N with tert-alkyl or cyclic N) is 1. The van der Waals surface area contributed by atoms with Crippen LogP contribution in [0.3, 0.4) is 0 Å². The van der Waals surface area contributed by atoms with Gasteiger partial charge in [0.05, 0.1) is 6.20 Å². The Hall–Kier alpha value is -1.69. The fraction of sp³-hybridized carbons (Fsp3) is 0.688. The van der Waals surface area contributed by atoms with Crippen molar-refractivity contribution in [3.63, 3.8) is 0 Å². The highest BCUT2D eigenvalue weighted by atomic mass is 16.3. The van der Waals surface area contributed by atoms with Gasteiger partial charge in [0.15, 0.2) is 0 Å². The average Bonchev–Trinajstić information content (AvgIpc) is 3.17. The molecular weight excluding hydrogens is 280 g/mol. The third kappa shape index (κ3) is 3.74. The van der Waals surface area contributed by atoms with Crippen molar-refractivity contribution in [2.45, 2.75) is 44.1 Å². The zero-order valence-electron chi connectivity index (χ0n) is 12.9. The molecule has 0 unspecified atom stereocenters. The number of aliphatic hydroxyl groups is 1. The maximum Gasteiger partial charge on any atom is 0.220 e. The Bertz CT molecular complexity index is 504. The van der Waals surface area contributed by atoms with E-state index in [-0.39, 0.29) is 5.91 Å². The molecule has 1 atom stereocenters. The van der Waals surface area contributed by atoms with E-state index in [1.165, 1.54) is 12.8 Å². The first-order valence-electron chi connectivity index (χ1n) is 8.15. The van der Waals surface area contributed by atoms with Gasteiger partial charge in [-0.05, 0) is 25.2 Å². The fourth-order valence-corrected chi connectivity index (χ4v) is 3.46. The summed E-state index contributed by atoms with van der Waals surface area (Å²) < 4.78 is 0. The summed E-state index contributed by atoms with van der Waals surface area (Å²) in [6, 6.07) is 0. The molecule has 1 amide bonds. The normalized spacial score (nSPS) is 25.6. The lowest BCUT2D eigenvalue weighted by Crippen LogP contribution is -2.45. The first kappa shape index (κ1) is 15.2. The minimum atomic E-state index is -0.872. The number of hydrogen-bond acceptors (Lipinski definition) is 5. The maximum absolute atomic E-state index is 12.0. The Kier molecular flexibility index (Phi) is 4.57. The van der Waals surface area contributed by atoms with E-state index in [9.17, 15) is 9.90 Å². The molecule has 1 aliphatic heterocycles. The lowest BCUT2D eigenvalue weighted by molar-refractivity contribution is -0.123. The summed E-state index contributed by atoms with van der Waals surface area (Å²) in [5.41, 5.74) is -0.872. The Morgan fingerprint density at radius 2 is 2.23 bits per heavy atom. The summed E-state index contributed by atoms with van der Waals surface area (Å²) in [5.74, 6) is 1.38. The van der Waals surface area contributed by atoms with Crippen LogP contribution in [0, 0.1) is 5.92 Å². The number of hydrogen-bond donors (Lipinski definition) is 2. The average molecular weight is 304 g/mol. The number of nitrogens with zero attached hydrogens (tertiary/aromatic N) is 3. The molecule has 0 spiro atoms. The summed E-state index contributed by atoms with van der Waals surface area (Å²) in [6.07, 6.45) is 11.0. The minimum absolute atomic E-state index is 0.0678. The van der Waals surface area contributed by atoms with E-state index in [1.807, 2.05) is 4.90 Å². The van der Waals surface area contributed by atoms with Crippen molar-refractivity contribution in [3.8, 4) is 0 Å². The number of carbonyl (C=O) groups is 1. The highest BCUT2D eigenvalue weighted by Crippen LogP contribution is 2.28. The molecule has 1 saturated carbocycles. The largest absolute Gasteiger partial charge is 0.386 e. The number of rotatable bonds is 5. The topological polar surface area (TPSA) is 78.4 Å². The summed E-state index contributed by atoms with van der Waals surface area (Å²) in [6.45, 7) is 1.53. The van der Waals surface area contributed by atoms with Crippen LogP contribution in [-0.4, -0.2) is 46.2 Å². The van der Waals surface area contributed by atoms with Crippen LogP contribution in [0.2, 0.25) is 0 Å². The standard InChI is InChI=1S/C16H24N4O2/c21-15(9-13-3-1-2-4-13)19-11-16(22)5-8-20(12-16)14-10-17-6-7-18-14/h6-7,10,13,22H,1-5,8-9,11-12H2,(H,19,21)/t16-/m1/s1. The molecule has 1 aromatic rings. The van der Waals surface area contributed by atoms with Crippen LogP contribution in [0.5, 0.6) is 0 Å². The molecule has 22 heavy (non-hydrogen) atoms. The number of amides is 1. The van der Waals surface area contributed by atoms with Gasteiger partial charge in [-0.25, -0.2) is 4.98 Å². The highest BCUT2D eigenvalue weighted by Gasteiger charge is 2.37. The molecule has 1 aromatic heterocycles. The molecule has 2 heterocycles. The van der Waals surface area contributed by atoms with Gasteiger partial charge in [0, 0.05) is 38.4 Å². The van der Waals surface area contributed by atoms with Crippen LogP contribution >= 0.6 is 0 Å². The molecule has 0 radical (unpaired) electrons. The van der Waals surface area contributed by atoms with Crippen molar-refractivity contribution in [1.29, 1.82) is 0 Å². The number of carbonyl (C=O) groups excluding carboxylic acids is 1. The third-order valence-electron chi connectivity index (χ3n) is 4.77. The summed E-state index contributed by atoms with van der Waals surface area (Å²) in [4.78, 5) is 22.3. The molecule has 120 valence electrons. The lowest BCUT2D eigenvalue weighted by atomic mass is 10.0. The van der Waals surface area contributed by atoms with Crippen LogP contribution in [0.4, 0.5) is 5.82 Å². The lowest BCUT2D eigenvalue weighted by Gasteiger charge is -2.24. The molecule has 1 saturated heterocycles. The first-order chi connectivity index (χ1) is 10.6. The maximum atomic E-state index is 12.0. The molecule has 2 fully saturated rings. The Morgan fingerprint density at radius 3 is 2.95 bits per heavy atom. The van der Waals surface area contributed by atoms with Crippen molar-refractivity contribution in [2.24, 2.45) is 5.92 Å². The molecule has 0 bridgehead atoms. The molecule has 2 aliphatic rings. The van der Waals surface area contributed by atoms with Crippen molar-refractivity contribution in [3.05, 3.63) is 18.6 Å². The number of nitrogens with one attached hydrogen (secondary N) is 1. The molecule has 6 heteroatoms. The van der Waals surface area contributed by atoms with Gasteiger partial charge in [-0.3, -0.25) is 9.78 Å². The zero-order chi connectivity index (χ0) is 15.4. The fourth-order valence-electron chi connectivity index (χ4n) is 3.46. The summed E-state index contributed by atoms with van der Waals surface area (Å²) in [5, 5.41) is 13.5. The van der Waals surface area contributed by atoms with Gasteiger partial charge in [0.1, 0.15) is 11.4 Å². The zero-order valence-corrected chi connectivity index (χ0v) is 12.9. The summed E-state index contributed by atoms with van der Waals surface area (Å²) in [7, 11) is 0. The van der Waals surface area contributed by atoms with Gasteiger partial charge in [0.2, 0.25) is 5.91 Å². The van der Waals surface area contributed by atoms with Crippen molar-refractivity contribution in [1.82, 2.24) is 15.3 Å². The van der Waals surface area contributed by atoms with E-state index in [1.54, 1.807) is 18.6 Å². The van der Waals surface area contributed by atoms with Crippen LogP contribution in [-0.2, 0) is 4.79 Å². The number of anilines is 1. The van der Waals surface area contributed by atoms with Gasteiger partial charge < -0.3 is 15.3 Å². The predicted octanol–water partition coefficient (Wildman–Crippen LogP) is 1.11. The first-order valence-corrected chi connectivity index (χ1v) is 8.15. The van der Waals surface area contributed by atoms with Gasteiger partial charge in [0.25, 0.3) is 0 Å². The Labute approximate surface area is 131 Å². The number of aromatic nitrogens is 2. The molecule has 3 rings (SSSR count). The minimum Gasteiger partial charge on any atom is -0.386 e. The van der Waals surface area contributed by atoms with E-state index >= 15 is 0 Å². The second-order valence-corrected chi connectivity index (χ2v) is 6.59. The molecular formula is C16H24N4O2. The smallest absolute Gasteiger partial charge is 0.220 e. The quantitative estimate of drug-likeness (QED) is 0.852. The van der Waals surface area contributed by atoms with Crippen LogP contribution < -0.4 is 10.2 Å². The predicted molar refractivity (Wildman–Crippen MR) is 83.4 cm³/mol. The molecule has 1 aliphatic carbocycles. The van der Waals surface area contributed by atoms with E-state index in [2.05, 4.69) is 15.3 Å². The van der Waals surface area contributed by atoms with E-state index in [0.717, 1.165) is 25.2 Å². The van der Waals surface area contributed by atoms with Crippen molar-refractivity contribution >= 4 is 11.7 Å². The van der Waals surface area contributed by atoms with Gasteiger partial charge in [-0.15, -0.1) is 0 Å². The van der Waals surface area contributed by atoms with Crippen LogP contribution in [0.1, 0.15) is 38.5 Å². The SMILES string of the molecule is O=C(CC1CCCC1)NC[C@]1(O)CCN(c2cnccn2)C1. The van der Waals surface area contributed by atoms with Gasteiger partial charge in [-0.1, -0.05) is 12.8 Å². The Balaban J connectivity index is 1.47. The van der Waals surface area contributed by atoms with Gasteiger partial charge in [-0.2, -0.15) is 0 Å². The van der Waals surface area contributed by atoms with Crippen molar-refractivity contribution in [2.75, 3.05) is 24.5 Å². The third-order valence-corrected chi connectivity index (χ3v) is 4.77. The monoisotopic (exact) mass is 304 g/mol. The molecule has 2 N–H and O–H groups in total.